The van der Waals surface area contributed by atoms with Gasteiger partial charge in [0.25, 0.3) is 0 Å². The Labute approximate surface area is 138 Å². The van der Waals surface area contributed by atoms with E-state index < -0.39 is 0 Å². The smallest absolute Gasteiger partial charge is 0.224 e. The first-order chi connectivity index (χ1) is 11.2. The second-order valence-electron chi connectivity index (χ2n) is 5.88. The fourth-order valence-electron chi connectivity index (χ4n) is 2.80. The standard InChI is InChI=1S/C17H28N4O2/c1-3-18-17(20-13-15-8-6-12-23-15)19-10-9-16(22)21-11-5-4-7-14(21)2/h6,8,12,14H,3-5,7,9-11,13H2,1-2H3,(H2,18,19,20). The monoisotopic (exact) mass is 320 g/mol. The Morgan fingerprint density at radius 1 is 1.43 bits per heavy atom. The Bertz CT molecular complexity index is 499. The normalized spacial score (nSPS) is 18.8. The Morgan fingerprint density at radius 2 is 2.30 bits per heavy atom. The van der Waals surface area contributed by atoms with Crippen molar-refractivity contribution in [3.63, 3.8) is 0 Å². The minimum Gasteiger partial charge on any atom is -0.467 e. The van der Waals surface area contributed by atoms with Crippen molar-refractivity contribution < 1.29 is 9.21 Å². The highest BCUT2D eigenvalue weighted by atomic mass is 16.3. The highest BCUT2D eigenvalue weighted by Crippen LogP contribution is 2.16. The lowest BCUT2D eigenvalue weighted by Crippen LogP contribution is -2.44. The largest absolute Gasteiger partial charge is 0.467 e. The number of amides is 1. The number of nitrogens with zero attached hydrogens (tertiary/aromatic N) is 2. The summed E-state index contributed by atoms with van der Waals surface area (Å²) in [6.45, 7) is 6.91. The molecule has 1 aliphatic heterocycles. The van der Waals surface area contributed by atoms with E-state index >= 15 is 0 Å². The molecule has 0 aromatic carbocycles. The Kier molecular flexibility index (Phi) is 6.97. The molecule has 0 radical (unpaired) electrons. The van der Waals surface area contributed by atoms with Gasteiger partial charge in [-0.05, 0) is 45.2 Å². The lowest BCUT2D eigenvalue weighted by Gasteiger charge is -2.33. The molecule has 0 spiro atoms. The van der Waals surface area contributed by atoms with Gasteiger partial charge < -0.3 is 20.0 Å². The molecule has 1 amide bonds. The zero-order valence-electron chi connectivity index (χ0n) is 14.2. The van der Waals surface area contributed by atoms with Gasteiger partial charge in [-0.1, -0.05) is 0 Å². The predicted octanol–water partition coefficient (Wildman–Crippen LogP) is 2.13. The molecule has 1 saturated heterocycles. The van der Waals surface area contributed by atoms with E-state index in [0.717, 1.165) is 31.7 Å². The second-order valence-corrected chi connectivity index (χ2v) is 5.88. The molecule has 2 heterocycles. The summed E-state index contributed by atoms with van der Waals surface area (Å²) in [5.74, 6) is 1.76. The van der Waals surface area contributed by atoms with Gasteiger partial charge in [-0.3, -0.25) is 4.79 Å². The van der Waals surface area contributed by atoms with Crippen molar-refractivity contribution in [2.45, 2.75) is 52.1 Å². The zero-order chi connectivity index (χ0) is 16.5. The zero-order valence-corrected chi connectivity index (χ0v) is 14.2. The molecule has 1 aromatic heterocycles. The van der Waals surface area contributed by atoms with Crippen LogP contribution in [0.1, 0.15) is 45.3 Å². The van der Waals surface area contributed by atoms with E-state index in [1.165, 1.54) is 6.42 Å². The molecular weight excluding hydrogens is 292 g/mol. The molecule has 0 saturated carbocycles. The van der Waals surface area contributed by atoms with Crippen LogP contribution in [0.15, 0.2) is 27.8 Å². The molecule has 0 aliphatic carbocycles. The molecule has 1 fully saturated rings. The van der Waals surface area contributed by atoms with Gasteiger partial charge in [0.2, 0.25) is 5.91 Å². The molecule has 2 N–H and O–H groups in total. The van der Waals surface area contributed by atoms with Crippen LogP contribution in [0, 0.1) is 0 Å². The van der Waals surface area contributed by atoms with Gasteiger partial charge in [0.1, 0.15) is 12.3 Å². The van der Waals surface area contributed by atoms with Crippen LogP contribution < -0.4 is 10.6 Å². The number of carbonyl (C=O) groups excluding carboxylic acids is 1. The number of nitrogens with one attached hydrogen (secondary N) is 2. The first-order valence-electron chi connectivity index (χ1n) is 8.54. The third-order valence-corrected chi connectivity index (χ3v) is 4.07. The van der Waals surface area contributed by atoms with E-state index in [1.54, 1.807) is 6.26 Å². The first-order valence-corrected chi connectivity index (χ1v) is 8.54. The molecule has 6 heteroatoms. The number of likely N-dealkylation sites (tertiary alicyclic amines) is 1. The number of guanidine groups is 1. The van der Waals surface area contributed by atoms with Crippen LogP contribution in [0.3, 0.4) is 0 Å². The molecule has 2 rings (SSSR count). The van der Waals surface area contributed by atoms with Crippen molar-refractivity contribution in [1.29, 1.82) is 0 Å². The lowest BCUT2D eigenvalue weighted by molar-refractivity contribution is -0.134. The van der Waals surface area contributed by atoms with Crippen molar-refractivity contribution in [2.75, 3.05) is 19.6 Å². The van der Waals surface area contributed by atoms with Crippen molar-refractivity contribution in [3.05, 3.63) is 24.2 Å². The summed E-state index contributed by atoms with van der Waals surface area (Å²) >= 11 is 0. The van der Waals surface area contributed by atoms with Crippen LogP contribution >= 0.6 is 0 Å². The summed E-state index contributed by atoms with van der Waals surface area (Å²) < 4.78 is 5.27. The van der Waals surface area contributed by atoms with Crippen LogP contribution in [-0.4, -0.2) is 42.4 Å². The number of carbonyl (C=O) groups is 1. The van der Waals surface area contributed by atoms with Gasteiger partial charge in [-0.25, -0.2) is 4.99 Å². The van der Waals surface area contributed by atoms with Crippen LogP contribution in [0.5, 0.6) is 0 Å². The molecule has 1 unspecified atom stereocenters. The number of hydrogen-bond acceptors (Lipinski definition) is 3. The first kappa shape index (κ1) is 17.4. The van der Waals surface area contributed by atoms with Crippen molar-refractivity contribution in [3.8, 4) is 0 Å². The Hall–Kier alpha value is -1.98. The Morgan fingerprint density at radius 3 is 3.00 bits per heavy atom. The van der Waals surface area contributed by atoms with Crippen LogP contribution in [0.2, 0.25) is 0 Å². The van der Waals surface area contributed by atoms with Gasteiger partial charge >= 0.3 is 0 Å². The third-order valence-electron chi connectivity index (χ3n) is 4.07. The molecule has 128 valence electrons. The summed E-state index contributed by atoms with van der Waals surface area (Å²) in [6, 6.07) is 4.12. The molecule has 0 bridgehead atoms. The van der Waals surface area contributed by atoms with Gasteiger partial charge in [-0.2, -0.15) is 0 Å². The van der Waals surface area contributed by atoms with Gasteiger partial charge in [0, 0.05) is 32.1 Å². The average Bonchev–Trinajstić information content (AvgIpc) is 3.06. The van der Waals surface area contributed by atoms with Crippen molar-refractivity contribution in [1.82, 2.24) is 15.5 Å². The minimum atomic E-state index is 0.228. The summed E-state index contributed by atoms with van der Waals surface area (Å²) in [5, 5.41) is 6.40. The number of furan rings is 1. The second kappa shape index (κ2) is 9.22. The molecule has 23 heavy (non-hydrogen) atoms. The number of piperidine rings is 1. The predicted molar refractivity (Wildman–Crippen MR) is 91.2 cm³/mol. The fourth-order valence-corrected chi connectivity index (χ4v) is 2.80. The maximum absolute atomic E-state index is 12.3. The highest BCUT2D eigenvalue weighted by Gasteiger charge is 2.22. The SMILES string of the molecule is CCNC(=NCc1ccco1)NCCC(=O)N1CCCCC1C. The van der Waals surface area contributed by atoms with E-state index in [1.807, 2.05) is 24.0 Å². The maximum Gasteiger partial charge on any atom is 0.224 e. The van der Waals surface area contributed by atoms with Gasteiger partial charge in [-0.15, -0.1) is 0 Å². The maximum atomic E-state index is 12.3. The van der Waals surface area contributed by atoms with E-state index in [2.05, 4.69) is 22.5 Å². The van der Waals surface area contributed by atoms with Crippen LogP contribution in [-0.2, 0) is 11.3 Å². The van der Waals surface area contributed by atoms with E-state index in [0.29, 0.717) is 31.5 Å². The Balaban J connectivity index is 1.77. The van der Waals surface area contributed by atoms with Gasteiger partial charge in [0.15, 0.2) is 5.96 Å². The third kappa shape index (κ3) is 5.62. The highest BCUT2D eigenvalue weighted by molar-refractivity contribution is 5.81. The van der Waals surface area contributed by atoms with E-state index in [-0.39, 0.29) is 5.91 Å². The number of rotatable bonds is 6. The summed E-state index contributed by atoms with van der Waals surface area (Å²) in [4.78, 5) is 18.8. The quantitative estimate of drug-likeness (QED) is 0.622. The van der Waals surface area contributed by atoms with Crippen LogP contribution in [0.4, 0.5) is 0 Å². The van der Waals surface area contributed by atoms with Crippen molar-refractivity contribution >= 4 is 11.9 Å². The summed E-state index contributed by atoms with van der Waals surface area (Å²) in [5.41, 5.74) is 0. The van der Waals surface area contributed by atoms with E-state index in [4.69, 9.17) is 4.42 Å². The lowest BCUT2D eigenvalue weighted by atomic mass is 10.0. The average molecular weight is 320 g/mol. The number of hydrogen-bond donors (Lipinski definition) is 2. The molecule has 1 aromatic rings. The van der Waals surface area contributed by atoms with Crippen LogP contribution in [0.25, 0.3) is 0 Å². The summed E-state index contributed by atoms with van der Waals surface area (Å²) in [6.07, 6.45) is 5.61. The minimum absolute atomic E-state index is 0.228. The number of aliphatic imine (C=N–C) groups is 1. The molecule has 6 nitrogen and oxygen atoms in total. The fraction of sp³-hybridized carbons (Fsp3) is 0.647. The molecule has 1 atom stereocenters. The summed E-state index contributed by atoms with van der Waals surface area (Å²) in [7, 11) is 0. The molecular formula is C17H28N4O2. The molecule has 1 aliphatic rings. The van der Waals surface area contributed by atoms with Gasteiger partial charge in [0.05, 0.1) is 6.26 Å². The topological polar surface area (TPSA) is 69.9 Å². The van der Waals surface area contributed by atoms with Crippen molar-refractivity contribution in [2.24, 2.45) is 4.99 Å². The van der Waals surface area contributed by atoms with E-state index in [9.17, 15) is 4.79 Å².